The molecule has 0 radical (unpaired) electrons. The number of aryl methyl sites for hydroxylation is 1. The number of thiophene rings is 1. The van der Waals surface area contributed by atoms with E-state index in [-0.39, 0.29) is 11.7 Å². The lowest BCUT2D eigenvalue weighted by Gasteiger charge is -2.08. The first-order valence-electron chi connectivity index (χ1n) is 10.6. The van der Waals surface area contributed by atoms with Crippen molar-refractivity contribution in [3.8, 4) is 6.07 Å². The Bertz CT molecular complexity index is 1100. The molecule has 1 amide bonds. The van der Waals surface area contributed by atoms with Crippen molar-refractivity contribution >= 4 is 34.0 Å². The normalized spacial score (nSPS) is 13.3. The Kier molecular flexibility index (Phi) is 7.05. The van der Waals surface area contributed by atoms with Crippen LogP contribution in [0.4, 0.5) is 5.00 Å². The minimum atomic E-state index is -0.117. The predicted molar refractivity (Wildman–Crippen MR) is 125 cm³/mol. The number of nitrogens with zero attached hydrogens (tertiary/aromatic N) is 4. The first kappa shape index (κ1) is 21.6. The van der Waals surface area contributed by atoms with Crippen LogP contribution in [0.1, 0.15) is 53.6 Å². The molecule has 1 aromatic carbocycles. The molecule has 3 aromatic rings. The van der Waals surface area contributed by atoms with E-state index < -0.39 is 0 Å². The Morgan fingerprint density at radius 2 is 2.03 bits per heavy atom. The Morgan fingerprint density at radius 1 is 1.23 bits per heavy atom. The molecule has 0 saturated carbocycles. The molecule has 8 heteroatoms. The number of benzene rings is 1. The van der Waals surface area contributed by atoms with E-state index >= 15 is 0 Å². The van der Waals surface area contributed by atoms with Crippen molar-refractivity contribution < 1.29 is 4.79 Å². The Labute approximate surface area is 190 Å². The second-order valence-corrected chi connectivity index (χ2v) is 9.57. The number of carbonyl (C=O) groups is 1. The van der Waals surface area contributed by atoms with Gasteiger partial charge in [0.2, 0.25) is 5.91 Å². The number of amides is 1. The van der Waals surface area contributed by atoms with Gasteiger partial charge in [0.15, 0.2) is 5.16 Å². The highest BCUT2D eigenvalue weighted by Crippen LogP contribution is 2.37. The summed E-state index contributed by atoms with van der Waals surface area (Å²) in [4.78, 5) is 13.9. The maximum absolute atomic E-state index is 12.6. The number of carbonyl (C=O) groups excluding carboxylic acids is 1. The minimum Gasteiger partial charge on any atom is -0.316 e. The summed E-state index contributed by atoms with van der Waals surface area (Å²) in [5.41, 5.74) is 2.98. The predicted octanol–water partition coefficient (Wildman–Crippen LogP) is 4.82. The zero-order valence-corrected chi connectivity index (χ0v) is 19.2. The fraction of sp³-hybridized carbons (Fsp3) is 0.391. The third-order valence-electron chi connectivity index (χ3n) is 5.43. The number of aromatic nitrogens is 3. The minimum absolute atomic E-state index is 0.117. The summed E-state index contributed by atoms with van der Waals surface area (Å²) < 4.78 is 2.05. The lowest BCUT2D eigenvalue weighted by atomic mass is 10.1. The van der Waals surface area contributed by atoms with E-state index in [1.165, 1.54) is 28.6 Å². The summed E-state index contributed by atoms with van der Waals surface area (Å²) in [5, 5.41) is 22.7. The summed E-state index contributed by atoms with van der Waals surface area (Å²) >= 11 is 2.95. The molecule has 160 valence electrons. The first-order chi connectivity index (χ1) is 15.2. The molecule has 1 aliphatic carbocycles. The molecule has 4 rings (SSSR count). The monoisotopic (exact) mass is 451 g/mol. The quantitative estimate of drug-likeness (QED) is 0.411. The van der Waals surface area contributed by atoms with Crippen molar-refractivity contribution in [1.29, 1.82) is 5.26 Å². The van der Waals surface area contributed by atoms with Crippen molar-refractivity contribution in [2.24, 2.45) is 0 Å². The fourth-order valence-electron chi connectivity index (χ4n) is 3.89. The average molecular weight is 452 g/mol. The highest BCUT2D eigenvalue weighted by molar-refractivity contribution is 7.99. The molecule has 0 fully saturated rings. The van der Waals surface area contributed by atoms with Crippen LogP contribution in [0.5, 0.6) is 0 Å². The molecule has 0 spiro atoms. The van der Waals surface area contributed by atoms with Gasteiger partial charge < -0.3 is 9.88 Å². The number of nitriles is 1. The summed E-state index contributed by atoms with van der Waals surface area (Å²) in [6.07, 6.45) is 6.11. The lowest BCUT2D eigenvalue weighted by molar-refractivity contribution is -0.113. The largest absolute Gasteiger partial charge is 0.316 e. The van der Waals surface area contributed by atoms with Crippen molar-refractivity contribution in [1.82, 2.24) is 14.8 Å². The first-order valence-corrected chi connectivity index (χ1v) is 12.4. The Hall–Kier alpha value is -2.63. The molecular formula is C23H25N5OS2. The maximum Gasteiger partial charge on any atom is 0.235 e. The van der Waals surface area contributed by atoms with Crippen LogP contribution in [-0.4, -0.2) is 26.4 Å². The average Bonchev–Trinajstić information content (AvgIpc) is 3.23. The Morgan fingerprint density at radius 3 is 2.81 bits per heavy atom. The number of fused-ring (bicyclic) bond motifs is 1. The van der Waals surface area contributed by atoms with Crippen LogP contribution in [-0.2, 0) is 30.6 Å². The molecule has 0 atom stereocenters. The highest BCUT2D eigenvalue weighted by Gasteiger charge is 2.21. The summed E-state index contributed by atoms with van der Waals surface area (Å²) in [5.74, 6) is 1.01. The molecule has 0 bridgehead atoms. The van der Waals surface area contributed by atoms with Crippen LogP contribution < -0.4 is 5.32 Å². The smallest absolute Gasteiger partial charge is 0.235 e. The van der Waals surface area contributed by atoms with Crippen LogP contribution in [0.15, 0.2) is 35.5 Å². The van der Waals surface area contributed by atoms with Gasteiger partial charge in [0.1, 0.15) is 16.9 Å². The van der Waals surface area contributed by atoms with Gasteiger partial charge in [0.05, 0.1) is 11.3 Å². The highest BCUT2D eigenvalue weighted by atomic mass is 32.2. The molecule has 0 aliphatic heterocycles. The van der Waals surface area contributed by atoms with E-state index in [9.17, 15) is 10.1 Å². The molecule has 1 aliphatic rings. The summed E-state index contributed by atoms with van der Waals surface area (Å²) in [6, 6.07) is 12.5. The number of anilines is 1. The van der Waals surface area contributed by atoms with Gasteiger partial charge in [-0.2, -0.15) is 5.26 Å². The van der Waals surface area contributed by atoms with Gasteiger partial charge in [0.25, 0.3) is 0 Å². The number of hydrogen-bond acceptors (Lipinski definition) is 6. The topological polar surface area (TPSA) is 83.6 Å². The van der Waals surface area contributed by atoms with Gasteiger partial charge in [0, 0.05) is 17.8 Å². The number of hydrogen-bond donors (Lipinski definition) is 1. The van der Waals surface area contributed by atoms with Crippen LogP contribution in [0, 0.1) is 11.3 Å². The van der Waals surface area contributed by atoms with Crippen LogP contribution >= 0.6 is 23.1 Å². The van der Waals surface area contributed by atoms with E-state index in [1.807, 2.05) is 18.2 Å². The van der Waals surface area contributed by atoms with Crippen molar-refractivity contribution in [2.75, 3.05) is 11.1 Å². The second kappa shape index (κ2) is 10.1. The standard InChI is InChI=1S/C23H25N5OS2/c1-2-28-20(13-16-9-5-3-6-10-16)26-27-23(28)30-15-21(29)25-22-18(14-24)17-11-7-4-8-12-19(17)31-22/h3,5-6,9-10H,2,4,7-8,11-13,15H2,1H3,(H,25,29). The van der Waals surface area contributed by atoms with E-state index in [2.05, 4.69) is 45.2 Å². The molecule has 1 N–H and O–H groups in total. The molecule has 6 nitrogen and oxygen atoms in total. The molecular weight excluding hydrogens is 426 g/mol. The summed E-state index contributed by atoms with van der Waals surface area (Å²) in [7, 11) is 0. The molecule has 31 heavy (non-hydrogen) atoms. The fourth-order valence-corrected chi connectivity index (χ4v) is 5.97. The van der Waals surface area contributed by atoms with Gasteiger partial charge in [-0.25, -0.2) is 0 Å². The van der Waals surface area contributed by atoms with Gasteiger partial charge >= 0.3 is 0 Å². The molecule has 2 heterocycles. The van der Waals surface area contributed by atoms with Gasteiger partial charge in [-0.15, -0.1) is 21.5 Å². The zero-order valence-electron chi connectivity index (χ0n) is 17.6. The van der Waals surface area contributed by atoms with E-state index in [1.54, 1.807) is 11.3 Å². The van der Waals surface area contributed by atoms with Gasteiger partial charge in [-0.05, 0) is 43.7 Å². The SMILES string of the molecule is CCn1c(Cc2ccccc2)nnc1SCC(=O)Nc1sc2c(c1C#N)CCCCC2. The number of nitrogens with one attached hydrogen (secondary N) is 1. The second-order valence-electron chi connectivity index (χ2n) is 7.52. The molecule has 0 saturated heterocycles. The van der Waals surface area contributed by atoms with Crippen molar-refractivity contribution in [2.45, 2.75) is 57.1 Å². The van der Waals surface area contributed by atoms with E-state index in [0.717, 1.165) is 48.8 Å². The number of thioether (sulfide) groups is 1. The van der Waals surface area contributed by atoms with E-state index in [4.69, 9.17) is 0 Å². The third-order valence-corrected chi connectivity index (χ3v) is 7.61. The number of rotatable bonds is 7. The van der Waals surface area contributed by atoms with Crippen LogP contribution in [0.25, 0.3) is 0 Å². The molecule has 2 aromatic heterocycles. The summed E-state index contributed by atoms with van der Waals surface area (Å²) in [6.45, 7) is 2.80. The van der Waals surface area contributed by atoms with Gasteiger partial charge in [-0.3, -0.25) is 4.79 Å². The van der Waals surface area contributed by atoms with Crippen LogP contribution in [0.3, 0.4) is 0 Å². The molecule has 0 unspecified atom stereocenters. The van der Waals surface area contributed by atoms with E-state index in [0.29, 0.717) is 17.0 Å². The van der Waals surface area contributed by atoms with Crippen molar-refractivity contribution in [3.63, 3.8) is 0 Å². The zero-order chi connectivity index (χ0) is 21.6. The third kappa shape index (κ3) is 5.00. The Balaban J connectivity index is 1.41. The lowest BCUT2D eigenvalue weighted by Crippen LogP contribution is -2.15. The maximum atomic E-state index is 12.6. The van der Waals surface area contributed by atoms with Crippen LogP contribution in [0.2, 0.25) is 0 Å². The van der Waals surface area contributed by atoms with Crippen molar-refractivity contribution in [3.05, 3.63) is 57.7 Å². The van der Waals surface area contributed by atoms with Gasteiger partial charge in [-0.1, -0.05) is 48.5 Å².